The molecule has 3 N–H and O–H groups in total. The molecule has 0 aliphatic heterocycles. The van der Waals surface area contributed by atoms with E-state index in [1.165, 1.54) is 7.11 Å². The van der Waals surface area contributed by atoms with Crippen molar-refractivity contribution in [3.8, 4) is 22.6 Å². The number of nitrogens with zero attached hydrogens (tertiary/aromatic N) is 1. The van der Waals surface area contributed by atoms with Crippen molar-refractivity contribution in [3.05, 3.63) is 88.2 Å². The summed E-state index contributed by atoms with van der Waals surface area (Å²) in [6, 6.07) is 14.4. The van der Waals surface area contributed by atoms with E-state index >= 15 is 4.39 Å². The van der Waals surface area contributed by atoms with Gasteiger partial charge in [0.2, 0.25) is 0 Å². The van der Waals surface area contributed by atoms with Gasteiger partial charge in [-0.2, -0.15) is 0 Å². The van der Waals surface area contributed by atoms with E-state index in [2.05, 4.69) is 17.0 Å². The topological polar surface area (TPSA) is 85.0 Å². The second kappa shape index (κ2) is 10.3. The Morgan fingerprint density at radius 1 is 1.11 bits per heavy atom. The van der Waals surface area contributed by atoms with Crippen molar-refractivity contribution in [3.63, 3.8) is 0 Å². The molecule has 1 aliphatic carbocycles. The quantitative estimate of drug-likeness (QED) is 0.462. The van der Waals surface area contributed by atoms with Crippen molar-refractivity contribution in [2.45, 2.75) is 25.6 Å². The fourth-order valence-corrected chi connectivity index (χ4v) is 4.45. The largest absolute Gasteiger partial charge is 0.497 e. The molecule has 7 heteroatoms. The van der Waals surface area contributed by atoms with E-state index in [0.717, 1.165) is 22.3 Å². The lowest BCUT2D eigenvalue weighted by molar-refractivity contribution is -0.136. The van der Waals surface area contributed by atoms with E-state index < -0.39 is 5.97 Å². The van der Waals surface area contributed by atoms with E-state index in [4.69, 9.17) is 15.2 Å². The first kappa shape index (κ1) is 24.4. The average Bonchev–Trinajstić information content (AvgIpc) is 3.27. The molecule has 0 spiro atoms. The van der Waals surface area contributed by atoms with E-state index in [1.807, 2.05) is 32.3 Å². The molecule has 0 amide bonds. The summed E-state index contributed by atoms with van der Waals surface area (Å²) in [6.45, 7) is 0.308. The predicted molar refractivity (Wildman–Crippen MR) is 134 cm³/mol. The number of likely N-dealkylation sites (N-methyl/N-ethyl adjacent to an activating group) is 1. The molecule has 0 bridgehead atoms. The lowest BCUT2D eigenvalue weighted by Gasteiger charge is -2.22. The summed E-state index contributed by atoms with van der Waals surface area (Å²) in [4.78, 5) is 13.5. The second-order valence-electron chi connectivity index (χ2n) is 8.73. The number of carboxylic acids is 1. The molecule has 1 aliphatic rings. The Bertz CT molecular complexity index is 1290. The van der Waals surface area contributed by atoms with Crippen LogP contribution in [0.5, 0.6) is 11.5 Å². The minimum Gasteiger partial charge on any atom is -0.497 e. The summed E-state index contributed by atoms with van der Waals surface area (Å²) < 4.78 is 26.6. The Labute approximate surface area is 204 Å². The van der Waals surface area contributed by atoms with Crippen molar-refractivity contribution in [1.82, 2.24) is 4.90 Å². The molecule has 182 valence electrons. The summed E-state index contributed by atoms with van der Waals surface area (Å²) in [5.74, 6) is -0.258. The zero-order valence-corrected chi connectivity index (χ0v) is 20.0. The number of hydrogen-bond donors (Lipinski definition) is 2. The van der Waals surface area contributed by atoms with Crippen molar-refractivity contribution in [1.29, 1.82) is 0 Å². The zero-order chi connectivity index (χ0) is 25.1. The van der Waals surface area contributed by atoms with Gasteiger partial charge in [-0.25, -0.2) is 4.39 Å². The van der Waals surface area contributed by atoms with Gasteiger partial charge in [0.1, 0.15) is 23.9 Å². The molecule has 1 unspecified atom stereocenters. The van der Waals surface area contributed by atoms with Crippen molar-refractivity contribution < 1.29 is 23.8 Å². The third-order valence-corrected chi connectivity index (χ3v) is 6.18. The van der Waals surface area contributed by atoms with E-state index in [-0.39, 0.29) is 31.4 Å². The number of rotatable bonds is 9. The molecule has 0 fully saturated rings. The van der Waals surface area contributed by atoms with Crippen LogP contribution in [0.3, 0.4) is 0 Å². The van der Waals surface area contributed by atoms with Gasteiger partial charge in [-0.3, -0.25) is 9.69 Å². The maximum absolute atomic E-state index is 15.3. The number of methoxy groups -OCH3 is 1. The van der Waals surface area contributed by atoms with Crippen LogP contribution in [-0.4, -0.2) is 37.2 Å². The number of aliphatic carboxylic acids is 1. The SMILES string of the molecule is COc1ccc(OCc2cc(-c3cccc(CN)c3F)c3c(c2)C(N(C)C)C=C3)c(CC(=O)O)c1. The summed E-state index contributed by atoms with van der Waals surface area (Å²) in [6.07, 6.45) is 3.94. The predicted octanol–water partition coefficient (Wildman–Crippen LogP) is 4.80. The first-order valence-corrected chi connectivity index (χ1v) is 11.3. The number of ether oxygens (including phenoxy) is 2. The highest BCUT2D eigenvalue weighted by atomic mass is 19.1. The second-order valence-corrected chi connectivity index (χ2v) is 8.73. The fourth-order valence-electron chi connectivity index (χ4n) is 4.45. The van der Waals surface area contributed by atoms with Crippen LogP contribution >= 0.6 is 0 Å². The van der Waals surface area contributed by atoms with Gasteiger partial charge in [0.15, 0.2) is 0 Å². The van der Waals surface area contributed by atoms with Crippen molar-refractivity contribution >= 4 is 12.0 Å². The van der Waals surface area contributed by atoms with Crippen LogP contribution in [0.1, 0.15) is 33.9 Å². The first-order chi connectivity index (χ1) is 16.8. The number of fused-ring (bicyclic) bond motifs is 1. The average molecular weight is 477 g/mol. The highest BCUT2D eigenvalue weighted by molar-refractivity contribution is 5.81. The highest BCUT2D eigenvalue weighted by Crippen LogP contribution is 2.40. The van der Waals surface area contributed by atoms with Gasteiger partial charge in [-0.1, -0.05) is 30.4 Å². The molecule has 3 aromatic carbocycles. The Morgan fingerprint density at radius 3 is 2.60 bits per heavy atom. The molecule has 1 atom stereocenters. The van der Waals surface area contributed by atoms with Gasteiger partial charge >= 0.3 is 5.97 Å². The first-order valence-electron chi connectivity index (χ1n) is 11.3. The van der Waals surface area contributed by atoms with E-state index in [0.29, 0.717) is 28.2 Å². The van der Waals surface area contributed by atoms with Crippen LogP contribution in [0.25, 0.3) is 17.2 Å². The van der Waals surface area contributed by atoms with E-state index in [1.54, 1.807) is 30.3 Å². The van der Waals surface area contributed by atoms with Gasteiger partial charge < -0.3 is 20.3 Å². The summed E-state index contributed by atoms with van der Waals surface area (Å²) in [7, 11) is 5.52. The van der Waals surface area contributed by atoms with Crippen LogP contribution in [0.15, 0.2) is 54.6 Å². The molecule has 3 aromatic rings. The molecule has 35 heavy (non-hydrogen) atoms. The summed E-state index contributed by atoms with van der Waals surface area (Å²) in [5.41, 5.74) is 10.9. The number of carbonyl (C=O) groups is 1. The molecule has 6 nitrogen and oxygen atoms in total. The molecular formula is C28H29FN2O4. The van der Waals surface area contributed by atoms with Crippen molar-refractivity contribution in [2.75, 3.05) is 21.2 Å². The number of carboxylic acid groups (broad SMARTS) is 1. The third kappa shape index (κ3) is 5.06. The lowest BCUT2D eigenvalue weighted by atomic mass is 9.92. The van der Waals surface area contributed by atoms with Crippen molar-refractivity contribution in [2.24, 2.45) is 5.73 Å². The van der Waals surface area contributed by atoms with Crippen LogP contribution in [0.2, 0.25) is 0 Å². The number of hydrogen-bond acceptors (Lipinski definition) is 5. The normalized spacial score (nSPS) is 14.3. The number of benzene rings is 3. The van der Waals surface area contributed by atoms with Gasteiger partial charge in [-0.15, -0.1) is 0 Å². The summed E-state index contributed by atoms with van der Waals surface area (Å²) in [5, 5.41) is 9.31. The Morgan fingerprint density at radius 2 is 1.91 bits per heavy atom. The fraction of sp³-hybridized carbons (Fsp3) is 0.250. The van der Waals surface area contributed by atoms with Gasteiger partial charge in [0, 0.05) is 23.2 Å². The molecule has 0 aromatic heterocycles. The Balaban J connectivity index is 1.74. The monoisotopic (exact) mass is 476 g/mol. The van der Waals surface area contributed by atoms with Gasteiger partial charge in [0.25, 0.3) is 0 Å². The molecular weight excluding hydrogens is 447 g/mol. The Kier molecular flexibility index (Phi) is 7.19. The minimum atomic E-state index is -0.960. The summed E-state index contributed by atoms with van der Waals surface area (Å²) >= 11 is 0. The molecule has 0 radical (unpaired) electrons. The standard InChI is InChI=1S/C28H29FN2O4/c1-31(2)25-9-8-21-23(22-6-4-5-18(15-30)28(22)29)11-17(12-24(21)25)16-35-26-10-7-20(34-3)13-19(26)14-27(32)33/h4-13,25H,14-16,30H2,1-3H3,(H,32,33). The van der Waals surface area contributed by atoms with Crippen LogP contribution in [-0.2, 0) is 24.4 Å². The minimum absolute atomic E-state index is 0.0491. The molecule has 0 heterocycles. The number of nitrogens with two attached hydrogens (primary N) is 1. The zero-order valence-electron chi connectivity index (χ0n) is 20.0. The smallest absolute Gasteiger partial charge is 0.307 e. The lowest BCUT2D eigenvalue weighted by Crippen LogP contribution is -2.17. The third-order valence-electron chi connectivity index (χ3n) is 6.18. The van der Waals surface area contributed by atoms with Crippen LogP contribution in [0.4, 0.5) is 4.39 Å². The maximum atomic E-state index is 15.3. The van der Waals surface area contributed by atoms with Gasteiger partial charge in [-0.05, 0) is 66.7 Å². The van der Waals surface area contributed by atoms with Gasteiger partial charge in [0.05, 0.1) is 19.6 Å². The number of halogens is 1. The van der Waals surface area contributed by atoms with Crippen LogP contribution in [0, 0.1) is 5.82 Å². The molecule has 0 saturated heterocycles. The van der Waals surface area contributed by atoms with Crippen LogP contribution < -0.4 is 15.2 Å². The Hall–Kier alpha value is -3.68. The molecule has 0 saturated carbocycles. The molecule has 4 rings (SSSR count). The highest BCUT2D eigenvalue weighted by Gasteiger charge is 2.25. The van der Waals surface area contributed by atoms with E-state index in [9.17, 15) is 9.90 Å². The maximum Gasteiger partial charge on any atom is 0.307 e.